The molecule has 0 unspecified atom stereocenters. The smallest absolute Gasteiger partial charge is 0.296 e. The first-order chi connectivity index (χ1) is 17.7. The van der Waals surface area contributed by atoms with Gasteiger partial charge in [0.05, 0.1) is 41.6 Å². The molecule has 0 aromatic heterocycles. The Morgan fingerprint density at radius 3 is 2.29 bits per heavy atom. The van der Waals surface area contributed by atoms with Gasteiger partial charge in [-0.25, -0.2) is 16.8 Å². The van der Waals surface area contributed by atoms with Crippen molar-refractivity contribution in [3.8, 4) is 5.75 Å². The topological polar surface area (TPSA) is 192 Å². The summed E-state index contributed by atoms with van der Waals surface area (Å²) in [4.78, 5) is -1.12. The van der Waals surface area contributed by atoms with Crippen molar-refractivity contribution in [1.82, 2.24) is 4.31 Å². The molecule has 1 heterocycles. The molecule has 17 heteroatoms. The number of phenols is 1. The molecule has 0 bridgehead atoms. The molecular formula is C21H21ClN4O9S3. The summed E-state index contributed by atoms with van der Waals surface area (Å²) < 4.78 is 92.0. The number of morpholine rings is 1. The summed E-state index contributed by atoms with van der Waals surface area (Å²) in [5, 5.41) is 18.8. The number of ether oxygens (including phenoxy) is 1. The number of halogens is 1. The third-order valence-corrected chi connectivity index (χ3v) is 9.26. The predicted octanol–water partition coefficient (Wildman–Crippen LogP) is 3.25. The van der Waals surface area contributed by atoms with Crippen LogP contribution < -0.4 is 4.72 Å². The monoisotopic (exact) mass is 604 g/mol. The molecule has 1 aliphatic rings. The van der Waals surface area contributed by atoms with Crippen molar-refractivity contribution in [3.05, 3.63) is 47.5 Å². The summed E-state index contributed by atoms with van der Waals surface area (Å²) in [6.07, 6.45) is 0.911. The van der Waals surface area contributed by atoms with Crippen LogP contribution in [0.1, 0.15) is 0 Å². The van der Waals surface area contributed by atoms with Gasteiger partial charge in [-0.3, -0.25) is 9.27 Å². The van der Waals surface area contributed by atoms with E-state index in [0.717, 1.165) is 22.7 Å². The summed E-state index contributed by atoms with van der Waals surface area (Å²) in [6, 6.07) is 8.64. The lowest BCUT2D eigenvalue weighted by Gasteiger charge is -2.26. The van der Waals surface area contributed by atoms with Gasteiger partial charge in [-0.15, -0.1) is 5.11 Å². The summed E-state index contributed by atoms with van der Waals surface area (Å²) in [5.41, 5.74) is -0.242. The highest BCUT2D eigenvalue weighted by Gasteiger charge is 2.31. The average Bonchev–Trinajstić information content (AvgIpc) is 2.83. The first-order valence-corrected chi connectivity index (χ1v) is 15.9. The number of fused-ring (bicyclic) bond motifs is 1. The highest BCUT2D eigenvalue weighted by atomic mass is 35.5. The van der Waals surface area contributed by atoms with E-state index in [1.165, 1.54) is 30.3 Å². The Kier molecular flexibility index (Phi) is 7.68. The number of hydrogen-bond acceptors (Lipinski definition) is 10. The highest BCUT2D eigenvalue weighted by Crippen LogP contribution is 2.43. The van der Waals surface area contributed by atoms with Crippen molar-refractivity contribution in [1.29, 1.82) is 0 Å². The van der Waals surface area contributed by atoms with Crippen molar-refractivity contribution in [2.45, 2.75) is 9.79 Å². The molecule has 3 N–H and O–H groups in total. The lowest BCUT2D eigenvalue weighted by molar-refractivity contribution is 0.0730. The fourth-order valence-electron chi connectivity index (χ4n) is 3.77. The molecule has 0 spiro atoms. The van der Waals surface area contributed by atoms with Crippen LogP contribution >= 0.6 is 11.6 Å². The van der Waals surface area contributed by atoms with Gasteiger partial charge in [-0.1, -0.05) is 23.7 Å². The number of anilines is 1. The van der Waals surface area contributed by atoms with Crippen molar-refractivity contribution in [2.24, 2.45) is 10.2 Å². The number of aromatic hydroxyl groups is 1. The van der Waals surface area contributed by atoms with Crippen molar-refractivity contribution < 1.29 is 39.6 Å². The maximum Gasteiger partial charge on any atom is 0.296 e. The molecule has 3 aromatic rings. The molecule has 4 rings (SSSR count). The summed E-state index contributed by atoms with van der Waals surface area (Å²) in [7, 11) is -12.7. The second-order valence-electron chi connectivity index (χ2n) is 8.15. The van der Waals surface area contributed by atoms with Gasteiger partial charge in [0, 0.05) is 23.9 Å². The molecule has 13 nitrogen and oxygen atoms in total. The van der Waals surface area contributed by atoms with Crippen LogP contribution in [0.5, 0.6) is 5.75 Å². The normalized spacial score (nSPS) is 15.8. The molecule has 0 radical (unpaired) electrons. The average molecular weight is 605 g/mol. The number of benzene rings is 3. The van der Waals surface area contributed by atoms with Crippen LogP contribution in [0.4, 0.5) is 17.1 Å². The van der Waals surface area contributed by atoms with E-state index in [9.17, 15) is 34.9 Å². The van der Waals surface area contributed by atoms with Gasteiger partial charge >= 0.3 is 0 Å². The van der Waals surface area contributed by atoms with E-state index < -0.39 is 45.7 Å². The van der Waals surface area contributed by atoms with Crippen molar-refractivity contribution in [3.63, 3.8) is 0 Å². The van der Waals surface area contributed by atoms with Gasteiger partial charge in [0.15, 0.2) is 0 Å². The maximum absolute atomic E-state index is 13.4. The number of phenolic OH excluding ortho intramolecular Hbond substituents is 1. The van der Waals surface area contributed by atoms with E-state index in [2.05, 4.69) is 15.0 Å². The number of sulfonamides is 2. The minimum atomic E-state index is -4.68. The van der Waals surface area contributed by atoms with Crippen LogP contribution in [0.15, 0.2) is 62.5 Å². The molecular weight excluding hydrogens is 584 g/mol. The van der Waals surface area contributed by atoms with E-state index in [1.807, 2.05) is 0 Å². The predicted molar refractivity (Wildman–Crippen MR) is 139 cm³/mol. The van der Waals surface area contributed by atoms with Crippen molar-refractivity contribution in [2.75, 3.05) is 37.3 Å². The van der Waals surface area contributed by atoms with Crippen LogP contribution in [-0.2, 0) is 34.9 Å². The molecule has 0 atom stereocenters. The number of nitrogens with zero attached hydrogens (tertiary/aromatic N) is 3. The Hall–Kier alpha value is -2.86. The van der Waals surface area contributed by atoms with E-state index >= 15 is 0 Å². The lowest BCUT2D eigenvalue weighted by Crippen LogP contribution is -2.40. The molecule has 0 saturated carbocycles. The van der Waals surface area contributed by atoms with Gasteiger partial charge < -0.3 is 9.84 Å². The van der Waals surface area contributed by atoms with E-state index in [-0.39, 0.29) is 59.2 Å². The fourth-order valence-corrected chi connectivity index (χ4v) is 6.86. The number of azo groups is 1. The number of hydrogen-bond donors (Lipinski definition) is 3. The highest BCUT2D eigenvalue weighted by molar-refractivity contribution is 7.92. The summed E-state index contributed by atoms with van der Waals surface area (Å²) >= 11 is 5.84. The van der Waals surface area contributed by atoms with Crippen LogP contribution in [0.3, 0.4) is 0 Å². The van der Waals surface area contributed by atoms with Crippen LogP contribution in [0, 0.1) is 0 Å². The molecule has 3 aromatic carbocycles. The Balaban J connectivity index is 1.96. The molecule has 1 saturated heterocycles. The van der Waals surface area contributed by atoms with Crippen LogP contribution in [0.2, 0.25) is 5.02 Å². The maximum atomic E-state index is 13.4. The molecule has 0 aliphatic carbocycles. The van der Waals surface area contributed by atoms with Gasteiger partial charge in [0.25, 0.3) is 10.1 Å². The second kappa shape index (κ2) is 10.4. The minimum Gasteiger partial charge on any atom is -0.506 e. The van der Waals surface area contributed by atoms with E-state index in [1.54, 1.807) is 0 Å². The first kappa shape index (κ1) is 28.2. The zero-order valence-corrected chi connectivity index (χ0v) is 22.8. The SMILES string of the molecule is CS(=O)(=O)Nc1cccc2c(O)c(S(=O)(=O)N3CCOCC3)cc(N=Nc3ccc(Cl)c(S(=O)(=O)O)c3)c12. The quantitative estimate of drug-likeness (QED) is 0.268. The molecule has 38 heavy (non-hydrogen) atoms. The van der Waals surface area contributed by atoms with Crippen LogP contribution in [-0.4, -0.2) is 71.8 Å². The molecule has 204 valence electrons. The second-order valence-corrected chi connectivity index (χ2v) is 13.6. The zero-order chi connectivity index (χ0) is 27.9. The third kappa shape index (κ3) is 5.90. The van der Waals surface area contributed by atoms with E-state index in [4.69, 9.17) is 16.3 Å². The number of nitrogens with one attached hydrogen (secondary N) is 1. The largest absolute Gasteiger partial charge is 0.506 e. The first-order valence-electron chi connectivity index (χ1n) is 10.7. The zero-order valence-electron chi connectivity index (χ0n) is 19.6. The lowest BCUT2D eigenvalue weighted by atomic mass is 10.1. The van der Waals surface area contributed by atoms with E-state index in [0.29, 0.717) is 0 Å². The van der Waals surface area contributed by atoms with Gasteiger partial charge in [0.1, 0.15) is 15.5 Å². The fraction of sp³-hybridized carbons (Fsp3) is 0.238. The Morgan fingerprint density at radius 2 is 1.66 bits per heavy atom. The van der Waals surface area contributed by atoms with Crippen molar-refractivity contribution >= 4 is 69.6 Å². The summed E-state index contributed by atoms with van der Waals surface area (Å²) in [6.45, 7) is 0.426. The minimum absolute atomic E-state index is 0.0145. The molecule has 0 amide bonds. The molecule has 1 aliphatic heterocycles. The number of rotatable bonds is 7. The van der Waals surface area contributed by atoms with Gasteiger partial charge in [-0.05, 0) is 30.3 Å². The standard InChI is InChI=1S/C21H21ClN4O9S3/c1-36(28,29)25-16-4-2-3-14-20(16)17(24-23-13-5-6-15(22)18(11-13)38(32,33)34)12-19(21(14)27)37(30,31)26-7-9-35-10-8-26/h2-6,11-12,25,27H,7-10H2,1H3,(H,32,33,34). The molecule has 1 fully saturated rings. The Labute approximate surface area is 223 Å². The third-order valence-electron chi connectivity index (χ3n) is 5.43. The Bertz CT molecular complexity index is 1770. The summed E-state index contributed by atoms with van der Waals surface area (Å²) in [5.74, 6) is -0.622. The van der Waals surface area contributed by atoms with Gasteiger partial charge in [0.2, 0.25) is 20.0 Å². The Morgan fingerprint density at radius 1 is 0.974 bits per heavy atom. The van der Waals surface area contributed by atoms with Crippen LogP contribution in [0.25, 0.3) is 10.8 Å². The van der Waals surface area contributed by atoms with Gasteiger partial charge in [-0.2, -0.15) is 17.8 Å².